The fourth-order valence-corrected chi connectivity index (χ4v) is 4.18. The number of nitrogens with zero attached hydrogens (tertiary/aromatic N) is 3. The van der Waals surface area contributed by atoms with E-state index < -0.39 is 18.1 Å². The van der Waals surface area contributed by atoms with E-state index in [1.807, 2.05) is 12.1 Å². The molecule has 1 unspecified atom stereocenters. The molecule has 1 fully saturated rings. The van der Waals surface area contributed by atoms with Crippen molar-refractivity contribution in [1.82, 2.24) is 19.9 Å². The molecule has 0 bridgehead atoms. The van der Waals surface area contributed by atoms with Gasteiger partial charge in [0.05, 0.1) is 16.5 Å². The van der Waals surface area contributed by atoms with Crippen molar-refractivity contribution in [2.75, 3.05) is 18.1 Å². The van der Waals surface area contributed by atoms with Crippen LogP contribution in [0.25, 0.3) is 32.9 Å². The first-order valence-electron chi connectivity index (χ1n) is 10.7. The number of aldehydes is 1. The largest absolute Gasteiger partial charge is 0.408 e. The summed E-state index contributed by atoms with van der Waals surface area (Å²) in [6.45, 7) is 0. The van der Waals surface area contributed by atoms with Gasteiger partial charge in [-0.1, -0.05) is 18.6 Å². The van der Waals surface area contributed by atoms with E-state index in [-0.39, 0.29) is 17.3 Å². The van der Waals surface area contributed by atoms with Gasteiger partial charge in [0.1, 0.15) is 11.9 Å². The maximum atomic E-state index is 13.8. The van der Waals surface area contributed by atoms with Crippen LogP contribution in [0.4, 0.5) is 24.9 Å². The van der Waals surface area contributed by atoms with Gasteiger partial charge in [-0.25, -0.2) is 15.0 Å². The Morgan fingerprint density at radius 1 is 1.12 bits per heavy atom. The Bertz CT molecular complexity index is 1310. The second-order valence-electron chi connectivity index (χ2n) is 8.00. The highest BCUT2D eigenvalue weighted by atomic mass is 19.4. The first-order valence-corrected chi connectivity index (χ1v) is 10.7. The van der Waals surface area contributed by atoms with Crippen molar-refractivity contribution in [2.45, 2.75) is 31.5 Å². The molecule has 4 aromatic rings. The topological polar surface area (TPSA) is 136 Å². The monoisotopic (exact) mass is 471 g/mol. The molecule has 8 nitrogen and oxygen atoms in total. The predicted octanol–water partition coefficient (Wildman–Crippen LogP) is 4.29. The fraction of sp³-hybridized carbons (Fsp3) is 0.304. The first-order chi connectivity index (χ1) is 16.3. The van der Waals surface area contributed by atoms with Gasteiger partial charge in [0.25, 0.3) is 0 Å². The van der Waals surface area contributed by atoms with Crippen LogP contribution in [-0.4, -0.2) is 45.5 Å². The Labute approximate surface area is 193 Å². The zero-order chi connectivity index (χ0) is 24.5. The molecule has 1 aliphatic carbocycles. The number of hydrogen-bond acceptors (Lipinski definition) is 7. The molecule has 0 saturated heterocycles. The van der Waals surface area contributed by atoms with Crippen molar-refractivity contribution in [3.63, 3.8) is 0 Å². The Morgan fingerprint density at radius 3 is 2.41 bits per heavy atom. The van der Waals surface area contributed by atoms with E-state index in [1.54, 1.807) is 18.5 Å². The molecule has 0 radical (unpaired) electrons. The highest BCUT2D eigenvalue weighted by Gasteiger charge is 2.47. The SMILES string of the molecule is CN.Nc1ncc(-c2ccc3c(c2)[nH]c2c(C=O)cnc(NC(C4CCC4)C(F)(F)F)c23)cn1. The van der Waals surface area contributed by atoms with Crippen LogP contribution >= 0.6 is 0 Å². The summed E-state index contributed by atoms with van der Waals surface area (Å²) in [7, 11) is 1.50. The van der Waals surface area contributed by atoms with Crippen LogP contribution in [0, 0.1) is 5.92 Å². The lowest BCUT2D eigenvalue weighted by molar-refractivity contribution is -0.159. The summed E-state index contributed by atoms with van der Waals surface area (Å²) in [6, 6.07) is 3.74. The normalized spacial score (nSPS) is 14.9. The molecule has 1 aromatic carbocycles. The quantitative estimate of drug-likeness (QED) is 0.319. The molecule has 178 valence electrons. The lowest BCUT2D eigenvalue weighted by Crippen LogP contribution is -2.45. The number of hydrogen-bond donors (Lipinski definition) is 4. The van der Waals surface area contributed by atoms with Gasteiger partial charge in [0, 0.05) is 35.1 Å². The predicted molar refractivity (Wildman–Crippen MR) is 125 cm³/mol. The molecule has 0 amide bonds. The minimum absolute atomic E-state index is 0.106. The first kappa shape index (κ1) is 23.4. The van der Waals surface area contributed by atoms with Gasteiger partial charge in [0.15, 0.2) is 6.29 Å². The van der Waals surface area contributed by atoms with Crippen LogP contribution < -0.4 is 16.8 Å². The molecule has 6 N–H and O–H groups in total. The molecular formula is C23H24F3N7O. The number of carbonyl (C=O) groups excluding carboxylic acids is 1. The van der Waals surface area contributed by atoms with Crippen LogP contribution in [0.15, 0.2) is 36.8 Å². The standard InChI is InChI=1S/C22H19F3N6O.CH5N/c23-22(24,25)19(11-2-1-3-11)31-20-17-15-5-4-12(13-7-28-21(26)29-8-13)6-16(15)30-18(17)14(10-32)9-27-20;1-2/h4-11,19,30H,1-3H2,(H,27,31)(H2,26,28,29);2H2,1H3. The van der Waals surface area contributed by atoms with Crippen LogP contribution in [0.3, 0.4) is 0 Å². The summed E-state index contributed by atoms with van der Waals surface area (Å²) in [4.78, 5) is 26.9. The van der Waals surface area contributed by atoms with E-state index in [4.69, 9.17) is 5.73 Å². The Balaban J connectivity index is 0.00000133. The smallest absolute Gasteiger partial charge is 0.368 e. The van der Waals surface area contributed by atoms with Crippen LogP contribution in [0.1, 0.15) is 29.6 Å². The average Bonchev–Trinajstić information content (AvgIpc) is 3.18. The average molecular weight is 471 g/mol. The molecular weight excluding hydrogens is 447 g/mol. The number of nitrogens with two attached hydrogens (primary N) is 2. The number of H-pyrrole nitrogens is 1. The van der Waals surface area contributed by atoms with E-state index in [1.165, 1.54) is 13.2 Å². The van der Waals surface area contributed by atoms with Gasteiger partial charge in [-0.15, -0.1) is 0 Å². The molecule has 11 heteroatoms. The van der Waals surface area contributed by atoms with Gasteiger partial charge >= 0.3 is 6.18 Å². The van der Waals surface area contributed by atoms with Crippen molar-refractivity contribution >= 4 is 39.9 Å². The summed E-state index contributed by atoms with van der Waals surface area (Å²) in [5, 5.41) is 3.76. The number of aromatic amines is 1. The summed E-state index contributed by atoms with van der Waals surface area (Å²) in [6.07, 6.45) is 2.52. The molecule has 3 aromatic heterocycles. The Morgan fingerprint density at radius 2 is 1.82 bits per heavy atom. The minimum atomic E-state index is -4.41. The molecule has 1 atom stereocenters. The summed E-state index contributed by atoms with van der Waals surface area (Å²) >= 11 is 0. The van der Waals surface area contributed by atoms with Crippen LogP contribution in [-0.2, 0) is 0 Å². The van der Waals surface area contributed by atoms with Crippen LogP contribution in [0.2, 0.25) is 0 Å². The molecule has 34 heavy (non-hydrogen) atoms. The number of nitrogen functional groups attached to an aromatic ring is 1. The molecule has 5 rings (SSSR count). The van der Waals surface area contributed by atoms with Crippen molar-refractivity contribution in [1.29, 1.82) is 0 Å². The second-order valence-corrected chi connectivity index (χ2v) is 8.00. The summed E-state index contributed by atoms with van der Waals surface area (Å²) < 4.78 is 41.3. The number of benzene rings is 1. The third-order valence-corrected chi connectivity index (χ3v) is 6.06. The number of anilines is 2. The molecule has 1 saturated carbocycles. The number of pyridine rings is 1. The van der Waals surface area contributed by atoms with Crippen molar-refractivity contribution in [3.05, 3.63) is 42.4 Å². The third-order valence-electron chi connectivity index (χ3n) is 6.06. The third kappa shape index (κ3) is 4.26. The molecule has 1 aliphatic rings. The van der Waals surface area contributed by atoms with Gasteiger partial charge in [0.2, 0.25) is 5.95 Å². The van der Waals surface area contributed by atoms with E-state index in [0.717, 1.165) is 17.5 Å². The van der Waals surface area contributed by atoms with Crippen LogP contribution in [0.5, 0.6) is 0 Å². The number of carbonyl (C=O) groups is 1. The highest BCUT2D eigenvalue weighted by molar-refractivity contribution is 6.16. The number of aromatic nitrogens is 4. The summed E-state index contributed by atoms with van der Waals surface area (Å²) in [5.74, 6) is -0.224. The fourth-order valence-electron chi connectivity index (χ4n) is 4.18. The molecule has 0 spiro atoms. The van der Waals surface area contributed by atoms with Crippen molar-refractivity contribution in [3.8, 4) is 11.1 Å². The molecule has 3 heterocycles. The Hall–Kier alpha value is -3.73. The maximum absolute atomic E-state index is 13.8. The van der Waals surface area contributed by atoms with E-state index >= 15 is 0 Å². The zero-order valence-corrected chi connectivity index (χ0v) is 18.4. The van der Waals surface area contributed by atoms with Crippen molar-refractivity contribution < 1.29 is 18.0 Å². The zero-order valence-electron chi connectivity index (χ0n) is 18.4. The van der Waals surface area contributed by atoms with E-state index in [2.05, 4.69) is 31.0 Å². The minimum Gasteiger partial charge on any atom is -0.368 e. The van der Waals surface area contributed by atoms with E-state index in [9.17, 15) is 18.0 Å². The van der Waals surface area contributed by atoms with Crippen molar-refractivity contribution in [2.24, 2.45) is 11.7 Å². The lowest BCUT2D eigenvalue weighted by Gasteiger charge is -2.35. The molecule has 0 aliphatic heterocycles. The Kier molecular flexibility index (Phi) is 6.38. The lowest BCUT2D eigenvalue weighted by atomic mass is 9.79. The maximum Gasteiger partial charge on any atom is 0.408 e. The van der Waals surface area contributed by atoms with Gasteiger partial charge in [-0.05, 0) is 37.4 Å². The number of halogens is 3. The van der Waals surface area contributed by atoms with E-state index in [0.29, 0.717) is 40.9 Å². The number of alkyl halides is 3. The van der Waals surface area contributed by atoms with Gasteiger partial charge in [-0.3, -0.25) is 4.79 Å². The number of rotatable bonds is 5. The number of nitrogens with one attached hydrogen (secondary N) is 2. The highest BCUT2D eigenvalue weighted by Crippen LogP contribution is 2.41. The summed E-state index contributed by atoms with van der Waals surface area (Å²) in [5.41, 5.74) is 12.9. The number of fused-ring (bicyclic) bond motifs is 3. The van der Waals surface area contributed by atoms with Gasteiger partial charge in [-0.2, -0.15) is 13.2 Å². The van der Waals surface area contributed by atoms with Gasteiger partial charge < -0.3 is 21.8 Å². The second kappa shape index (κ2) is 9.26.